The van der Waals surface area contributed by atoms with Gasteiger partial charge in [-0.3, -0.25) is 4.79 Å². The summed E-state index contributed by atoms with van der Waals surface area (Å²) in [7, 11) is 0. The largest absolute Gasteiger partial charge is 0.396 e. The molecule has 9 aliphatic carbocycles. The summed E-state index contributed by atoms with van der Waals surface area (Å²) >= 11 is 0. The van der Waals surface area contributed by atoms with Gasteiger partial charge in [-0.25, -0.2) is 0 Å². The second-order valence-electron chi connectivity index (χ2n) is 24.2. The fraction of sp³-hybridized carbons (Fsp3) is 0.796. The first-order chi connectivity index (χ1) is 32.1. The molecule has 1 saturated heterocycles. The third-order valence-electron chi connectivity index (χ3n) is 20.7. The highest BCUT2D eigenvalue weighted by molar-refractivity contribution is 6.01. The van der Waals surface area contributed by atoms with Gasteiger partial charge < -0.3 is 67.1 Å². The Morgan fingerprint density at radius 3 is 2.47 bits per heavy atom. The van der Waals surface area contributed by atoms with Crippen LogP contribution in [0.4, 0.5) is 0 Å². The van der Waals surface area contributed by atoms with Crippen molar-refractivity contribution in [2.24, 2.45) is 57.0 Å². The number of nitrogens with two attached hydrogens (primary N) is 1. The van der Waals surface area contributed by atoms with Crippen molar-refractivity contribution in [3.05, 3.63) is 59.0 Å². The van der Waals surface area contributed by atoms with Crippen molar-refractivity contribution in [1.29, 1.82) is 0 Å². The van der Waals surface area contributed by atoms with Crippen LogP contribution in [0, 0.1) is 51.2 Å². The van der Waals surface area contributed by atoms with Crippen molar-refractivity contribution in [3.8, 4) is 0 Å². The van der Waals surface area contributed by atoms with Crippen molar-refractivity contribution in [3.63, 3.8) is 0 Å². The molecule has 11 aliphatic rings. The third-order valence-corrected chi connectivity index (χ3v) is 20.7. The lowest BCUT2D eigenvalue weighted by Gasteiger charge is -2.72. The lowest BCUT2D eigenvalue weighted by molar-refractivity contribution is -0.270. The number of carbonyl (C=O) groups excluding carboxylic acids is 1. The van der Waals surface area contributed by atoms with Gasteiger partial charge in [0.25, 0.3) is 0 Å². The quantitative estimate of drug-likeness (QED) is 0.133. The Bertz CT molecular complexity index is 2170. The van der Waals surface area contributed by atoms with Gasteiger partial charge in [-0.1, -0.05) is 63.5 Å². The number of ketones is 1. The first-order valence-electron chi connectivity index (χ1n) is 26.4. The fourth-order valence-electron chi connectivity index (χ4n) is 17.8. The van der Waals surface area contributed by atoms with Crippen LogP contribution >= 0.6 is 0 Å². The van der Waals surface area contributed by atoms with Crippen LogP contribution in [0.3, 0.4) is 0 Å². The van der Waals surface area contributed by atoms with Crippen molar-refractivity contribution >= 4 is 5.78 Å². The third kappa shape index (κ3) is 6.56. The highest BCUT2D eigenvalue weighted by Gasteiger charge is 2.83. The van der Waals surface area contributed by atoms with E-state index in [0.29, 0.717) is 31.6 Å². The maximum Gasteiger partial charge on any atom is 0.182 e. The van der Waals surface area contributed by atoms with E-state index in [2.05, 4.69) is 23.6 Å². The number of allylic oxidation sites excluding steroid dienone is 6. The molecule has 20 atom stereocenters. The fourth-order valence-corrected chi connectivity index (χ4v) is 17.8. The topological polar surface area (TPSA) is 258 Å². The zero-order valence-corrected chi connectivity index (χ0v) is 40.7. The van der Waals surface area contributed by atoms with E-state index in [0.717, 1.165) is 49.8 Å². The second kappa shape index (κ2) is 16.8. The number of ether oxygens (including phenoxy) is 1. The molecule has 68 heavy (non-hydrogen) atoms. The number of hydrogen-bond acceptors (Lipinski definition) is 14. The Morgan fingerprint density at radius 1 is 0.985 bits per heavy atom. The van der Waals surface area contributed by atoms with Crippen LogP contribution in [0.2, 0.25) is 0 Å². The molecular formula is C54H81N3O11. The zero-order chi connectivity index (χ0) is 48.6. The molecule has 378 valence electrons. The number of carbonyl (C=O) groups is 1. The van der Waals surface area contributed by atoms with Gasteiger partial charge in [0, 0.05) is 52.5 Å². The number of aliphatic hydroxyl groups excluding tert-OH is 5. The number of Topliss-reactive ketones (excluding diaryl/α,β-unsaturated/α-hetero) is 1. The van der Waals surface area contributed by atoms with Gasteiger partial charge in [0.15, 0.2) is 5.78 Å². The van der Waals surface area contributed by atoms with Crippen LogP contribution in [-0.4, -0.2) is 130 Å². The van der Waals surface area contributed by atoms with Crippen molar-refractivity contribution in [2.45, 2.75) is 202 Å². The summed E-state index contributed by atoms with van der Waals surface area (Å²) in [5, 5.41) is 119. The van der Waals surface area contributed by atoms with E-state index >= 15 is 4.79 Å². The standard InChI is InChI=1S/C54H81N3O11/c1-5-8-31-11-13-32-39(15-12-31)68-46-42(32)36(60)10-6-18-54(46,67)48(4,64)40-17-19-53(66)45-43(56-27-30(2)59)44(63)34-25-37(61)38(62)26-50(34)29-49(33-14-16-41(55)57-35(33)9-7-24-58)20-22-51(65,28-47(40,53)3)52(45,50)23-21-49/h14,16,20-23,30-32,34,36-42,46,56-62,64-67H,5-13,15,17-19,24-29,55H2,1-4H3/t30-,31+,32+,34-,36-,37+,38-,39+,40-,41?,42+,46+,47+,48+,49+,50+,51-,52-,53+,54+/m0/s1. The van der Waals surface area contributed by atoms with E-state index in [1.54, 1.807) is 13.8 Å². The predicted molar refractivity (Wildman–Crippen MR) is 254 cm³/mol. The minimum Gasteiger partial charge on any atom is -0.396 e. The summed E-state index contributed by atoms with van der Waals surface area (Å²) in [6, 6.07) is 0. The first-order valence-corrected chi connectivity index (χ1v) is 26.4. The van der Waals surface area contributed by atoms with Gasteiger partial charge in [-0.15, -0.1) is 0 Å². The average molecular weight is 948 g/mol. The van der Waals surface area contributed by atoms with Crippen LogP contribution in [0.5, 0.6) is 0 Å². The Hall–Kier alpha value is -2.47. The molecule has 1 unspecified atom stereocenters. The SMILES string of the molecule is CCC[C@@H]1CC[C@H]2[C@H]3[C@@H](O[C@@H]2CC1)[C@@](O)([C@](C)(O)[C@H]1CC[C@@]2(O)C4=C(NC[C@H](C)O)C(=O)[C@@H]5C[C@@H](O)[C@@H](O)C[C@@]56C[C@]5(C7=C(CCCO)NC(N)C=C7)C=C[C@]46[C@](O)(C=C5)C[C@]12C)CCC[C@@H]3O. The van der Waals surface area contributed by atoms with Gasteiger partial charge >= 0.3 is 0 Å². The van der Waals surface area contributed by atoms with Crippen molar-refractivity contribution < 1.29 is 55.5 Å². The van der Waals surface area contributed by atoms with E-state index < -0.39 is 98.5 Å². The number of aliphatic hydroxyl groups is 9. The molecule has 2 heterocycles. The molecule has 13 N–H and O–H groups in total. The Morgan fingerprint density at radius 2 is 1.74 bits per heavy atom. The minimum absolute atomic E-state index is 0.0212. The number of rotatable bonds is 11. The Balaban J connectivity index is 1.16. The normalized spacial score (nSPS) is 50.5. The van der Waals surface area contributed by atoms with Crippen molar-refractivity contribution in [1.82, 2.24) is 10.6 Å². The molecule has 14 nitrogen and oxygen atoms in total. The van der Waals surface area contributed by atoms with Gasteiger partial charge in [-0.2, -0.15) is 0 Å². The highest BCUT2D eigenvalue weighted by Crippen LogP contribution is 2.81. The van der Waals surface area contributed by atoms with E-state index in [1.165, 1.54) is 0 Å². The smallest absolute Gasteiger partial charge is 0.182 e. The lowest BCUT2D eigenvalue weighted by atomic mass is 9.32. The molecule has 0 aromatic heterocycles. The molecule has 0 amide bonds. The minimum atomic E-state index is -1.94. The van der Waals surface area contributed by atoms with E-state index in [1.807, 2.05) is 37.3 Å². The van der Waals surface area contributed by atoms with Gasteiger partial charge in [-0.05, 0) is 133 Å². The number of fused-ring (bicyclic) bond motifs is 5. The summed E-state index contributed by atoms with van der Waals surface area (Å²) < 4.78 is 7.01. The Kier molecular flexibility index (Phi) is 12.1. The number of nitrogens with one attached hydrogen (secondary N) is 2. The molecule has 14 heteroatoms. The molecule has 2 spiro atoms. The monoisotopic (exact) mass is 948 g/mol. The molecule has 2 bridgehead atoms. The van der Waals surface area contributed by atoms with Crippen LogP contribution in [0.25, 0.3) is 0 Å². The number of dihydropyridines is 1. The first kappa shape index (κ1) is 49.1. The summed E-state index contributed by atoms with van der Waals surface area (Å²) in [6.45, 7) is 7.24. The molecule has 5 saturated carbocycles. The average Bonchev–Trinajstić information content (AvgIpc) is 3.56. The summed E-state index contributed by atoms with van der Waals surface area (Å²) in [6.07, 6.45) is 14.2. The molecule has 0 aromatic rings. The van der Waals surface area contributed by atoms with E-state index in [9.17, 15) is 46.0 Å². The molecule has 6 fully saturated rings. The van der Waals surface area contributed by atoms with Crippen LogP contribution in [0.1, 0.15) is 137 Å². The van der Waals surface area contributed by atoms with Gasteiger partial charge in [0.05, 0.1) is 70.7 Å². The van der Waals surface area contributed by atoms with Gasteiger partial charge in [0.1, 0.15) is 5.60 Å². The van der Waals surface area contributed by atoms with E-state index in [-0.39, 0.29) is 87.2 Å². The van der Waals surface area contributed by atoms with Crippen LogP contribution in [-0.2, 0) is 9.53 Å². The van der Waals surface area contributed by atoms with Gasteiger partial charge in [0.2, 0.25) is 0 Å². The molecule has 2 aliphatic heterocycles. The summed E-state index contributed by atoms with van der Waals surface area (Å²) in [5.41, 5.74) is -4.42. The molecular weight excluding hydrogens is 867 g/mol. The number of hydrogen-bond donors (Lipinski definition) is 12. The molecule has 0 aromatic carbocycles. The summed E-state index contributed by atoms with van der Waals surface area (Å²) in [5.74, 6) is -1.98. The van der Waals surface area contributed by atoms with E-state index in [4.69, 9.17) is 10.5 Å². The summed E-state index contributed by atoms with van der Waals surface area (Å²) in [4.78, 5) is 15.8. The molecule has 11 rings (SSSR count). The maximum atomic E-state index is 15.8. The zero-order valence-electron chi connectivity index (χ0n) is 40.7. The van der Waals surface area contributed by atoms with Crippen LogP contribution in [0.15, 0.2) is 59.0 Å². The second-order valence-corrected chi connectivity index (χ2v) is 24.2. The maximum absolute atomic E-state index is 15.8. The Labute approximate surface area is 401 Å². The van der Waals surface area contributed by atoms with Crippen LogP contribution < -0.4 is 16.4 Å². The van der Waals surface area contributed by atoms with Crippen molar-refractivity contribution in [2.75, 3.05) is 13.2 Å². The predicted octanol–water partition coefficient (Wildman–Crippen LogP) is 3.18. The highest BCUT2D eigenvalue weighted by atomic mass is 16.5. The lowest BCUT2D eigenvalue weighted by Crippen LogP contribution is -2.77. The molecule has 0 radical (unpaired) electrons.